The molecule has 1 atom stereocenters. The molecule has 1 unspecified atom stereocenters. The predicted molar refractivity (Wildman–Crippen MR) is 96.8 cm³/mol. The number of aromatic nitrogens is 1. The third-order valence-electron chi connectivity index (χ3n) is 4.02. The number of hydrogen-bond acceptors (Lipinski definition) is 5. The van der Waals surface area contributed by atoms with Gasteiger partial charge in [0.15, 0.2) is 0 Å². The molecule has 0 radical (unpaired) electrons. The van der Waals surface area contributed by atoms with Crippen molar-refractivity contribution in [2.24, 2.45) is 5.73 Å². The quantitative estimate of drug-likeness (QED) is 0.714. The summed E-state index contributed by atoms with van der Waals surface area (Å²) in [5.74, 6) is -0.710. The highest BCUT2D eigenvalue weighted by Gasteiger charge is 2.24. The number of primary amides is 1. The highest BCUT2D eigenvalue weighted by molar-refractivity contribution is 5.97. The molecular weight excluding hydrogens is 332 g/mol. The number of methoxy groups -OCH3 is 1. The van der Waals surface area contributed by atoms with Gasteiger partial charge in [0.1, 0.15) is 5.75 Å². The van der Waals surface area contributed by atoms with Gasteiger partial charge in [-0.05, 0) is 25.1 Å². The SMILES string of the molecule is COc1ccc2cc(C(=O)OC(C(N)=O)c3ccccc3)c(C)nc2c1. The van der Waals surface area contributed by atoms with Crippen LogP contribution in [0.5, 0.6) is 5.75 Å². The van der Waals surface area contributed by atoms with Crippen molar-refractivity contribution < 1.29 is 19.1 Å². The van der Waals surface area contributed by atoms with Crippen molar-refractivity contribution in [1.82, 2.24) is 4.98 Å². The van der Waals surface area contributed by atoms with E-state index in [1.54, 1.807) is 68.6 Å². The monoisotopic (exact) mass is 350 g/mol. The molecule has 0 saturated carbocycles. The Morgan fingerprint density at radius 3 is 2.46 bits per heavy atom. The Morgan fingerprint density at radius 2 is 1.81 bits per heavy atom. The number of nitrogens with two attached hydrogens (primary N) is 1. The number of fused-ring (bicyclic) bond motifs is 1. The molecule has 3 aromatic rings. The second-order valence-corrected chi connectivity index (χ2v) is 5.78. The number of amides is 1. The lowest BCUT2D eigenvalue weighted by Crippen LogP contribution is -2.26. The highest BCUT2D eigenvalue weighted by Crippen LogP contribution is 2.24. The summed E-state index contributed by atoms with van der Waals surface area (Å²) in [5, 5.41) is 0.763. The van der Waals surface area contributed by atoms with Gasteiger partial charge in [0.2, 0.25) is 6.10 Å². The lowest BCUT2D eigenvalue weighted by atomic mass is 10.1. The Kier molecular flexibility index (Phi) is 4.84. The summed E-state index contributed by atoms with van der Waals surface area (Å²) in [4.78, 5) is 28.8. The summed E-state index contributed by atoms with van der Waals surface area (Å²) < 4.78 is 10.6. The summed E-state index contributed by atoms with van der Waals surface area (Å²) in [6.45, 7) is 1.71. The standard InChI is InChI=1S/C20H18N2O4/c1-12-16(10-14-8-9-15(25-2)11-17(14)22-12)20(24)26-18(19(21)23)13-6-4-3-5-7-13/h3-11,18H,1-2H3,(H2,21,23). The second kappa shape index (κ2) is 7.23. The van der Waals surface area contributed by atoms with Gasteiger partial charge in [-0.3, -0.25) is 9.78 Å². The van der Waals surface area contributed by atoms with E-state index in [-0.39, 0.29) is 5.56 Å². The number of nitrogens with zero attached hydrogens (tertiary/aromatic N) is 1. The number of aryl methyl sites for hydroxylation is 1. The first-order valence-corrected chi connectivity index (χ1v) is 8.00. The zero-order valence-corrected chi connectivity index (χ0v) is 14.4. The van der Waals surface area contributed by atoms with Crippen molar-refractivity contribution in [3.63, 3.8) is 0 Å². The van der Waals surface area contributed by atoms with E-state index in [1.807, 2.05) is 0 Å². The van der Waals surface area contributed by atoms with Crippen molar-refractivity contribution in [1.29, 1.82) is 0 Å². The number of pyridine rings is 1. The van der Waals surface area contributed by atoms with Crippen molar-refractivity contribution in [3.05, 3.63) is 71.4 Å². The predicted octanol–water partition coefficient (Wildman–Crippen LogP) is 2.94. The fourth-order valence-corrected chi connectivity index (χ4v) is 2.67. The first kappa shape index (κ1) is 17.4. The largest absolute Gasteiger partial charge is 0.497 e. The molecule has 2 N–H and O–H groups in total. The van der Waals surface area contributed by atoms with Crippen molar-refractivity contribution in [2.75, 3.05) is 7.11 Å². The van der Waals surface area contributed by atoms with Crippen LogP contribution in [0.25, 0.3) is 10.9 Å². The molecule has 3 rings (SSSR count). The van der Waals surface area contributed by atoms with Gasteiger partial charge >= 0.3 is 5.97 Å². The molecule has 0 bridgehead atoms. The van der Waals surface area contributed by atoms with Crippen LogP contribution in [0.2, 0.25) is 0 Å². The summed E-state index contributed by atoms with van der Waals surface area (Å²) >= 11 is 0. The molecule has 0 spiro atoms. The Labute approximate surface area is 150 Å². The zero-order chi connectivity index (χ0) is 18.7. The van der Waals surface area contributed by atoms with Gasteiger partial charge in [-0.1, -0.05) is 30.3 Å². The summed E-state index contributed by atoms with van der Waals surface area (Å²) in [7, 11) is 1.58. The van der Waals surface area contributed by atoms with Crippen molar-refractivity contribution >= 4 is 22.8 Å². The molecule has 6 heteroatoms. The summed E-state index contributed by atoms with van der Waals surface area (Å²) in [6, 6.07) is 15.7. The number of benzene rings is 2. The van der Waals surface area contributed by atoms with Crippen molar-refractivity contribution in [3.8, 4) is 5.75 Å². The molecule has 2 aromatic carbocycles. The van der Waals surface area contributed by atoms with E-state index >= 15 is 0 Å². The van der Waals surface area contributed by atoms with Crippen LogP contribution in [0.3, 0.4) is 0 Å². The third kappa shape index (κ3) is 3.49. The second-order valence-electron chi connectivity index (χ2n) is 5.78. The van der Waals surface area contributed by atoms with Crippen molar-refractivity contribution in [2.45, 2.75) is 13.0 Å². The van der Waals surface area contributed by atoms with Gasteiger partial charge in [0, 0.05) is 17.0 Å². The van der Waals surface area contributed by atoms with Crippen LogP contribution >= 0.6 is 0 Å². The lowest BCUT2D eigenvalue weighted by molar-refractivity contribution is -0.127. The van der Waals surface area contributed by atoms with Gasteiger partial charge in [0.25, 0.3) is 5.91 Å². The van der Waals surface area contributed by atoms with Crippen LogP contribution in [-0.2, 0) is 9.53 Å². The lowest BCUT2D eigenvalue weighted by Gasteiger charge is -2.16. The minimum absolute atomic E-state index is 0.282. The topological polar surface area (TPSA) is 91.5 Å². The number of ether oxygens (including phenoxy) is 2. The molecule has 0 aliphatic heterocycles. The van der Waals surface area contributed by atoms with Crippen LogP contribution in [0.15, 0.2) is 54.6 Å². The highest BCUT2D eigenvalue weighted by atomic mass is 16.5. The number of rotatable bonds is 5. The van der Waals surface area contributed by atoms with Crippen LogP contribution in [-0.4, -0.2) is 24.0 Å². The fourth-order valence-electron chi connectivity index (χ4n) is 2.67. The molecule has 1 aromatic heterocycles. The molecule has 1 amide bonds. The van der Waals surface area contributed by atoms with Gasteiger partial charge < -0.3 is 15.2 Å². The first-order valence-electron chi connectivity index (χ1n) is 8.00. The average molecular weight is 350 g/mol. The minimum atomic E-state index is -1.16. The number of esters is 1. The van der Waals surface area contributed by atoms with Gasteiger partial charge in [-0.2, -0.15) is 0 Å². The molecule has 0 aliphatic carbocycles. The number of hydrogen-bond donors (Lipinski definition) is 1. The summed E-state index contributed by atoms with van der Waals surface area (Å²) in [5.41, 5.74) is 7.40. The Bertz CT molecular complexity index is 970. The normalized spacial score (nSPS) is 11.8. The van der Waals surface area contributed by atoms with Crippen LogP contribution in [0, 0.1) is 6.92 Å². The van der Waals surface area contributed by atoms with Gasteiger partial charge in [-0.15, -0.1) is 0 Å². The fraction of sp³-hybridized carbons (Fsp3) is 0.150. The molecule has 6 nitrogen and oxygen atoms in total. The maximum atomic E-state index is 12.6. The zero-order valence-electron chi connectivity index (χ0n) is 14.4. The average Bonchev–Trinajstić information content (AvgIpc) is 2.65. The number of carbonyl (C=O) groups is 2. The van der Waals surface area contributed by atoms with E-state index < -0.39 is 18.0 Å². The maximum Gasteiger partial charge on any atom is 0.341 e. The Morgan fingerprint density at radius 1 is 1.08 bits per heavy atom. The van der Waals surface area contributed by atoms with E-state index in [9.17, 15) is 9.59 Å². The van der Waals surface area contributed by atoms with E-state index in [1.165, 1.54) is 0 Å². The molecular formula is C20H18N2O4. The van der Waals surface area contributed by atoms with E-state index in [0.29, 0.717) is 22.5 Å². The van der Waals surface area contributed by atoms with Crippen LogP contribution in [0.4, 0.5) is 0 Å². The summed E-state index contributed by atoms with van der Waals surface area (Å²) in [6.07, 6.45) is -1.16. The molecule has 26 heavy (non-hydrogen) atoms. The maximum absolute atomic E-state index is 12.6. The molecule has 0 fully saturated rings. The van der Waals surface area contributed by atoms with Gasteiger partial charge in [0.05, 0.1) is 23.9 Å². The number of carbonyl (C=O) groups excluding carboxylic acids is 2. The van der Waals surface area contributed by atoms with Crippen LogP contribution in [0.1, 0.15) is 27.7 Å². The first-order chi connectivity index (χ1) is 12.5. The Hall–Kier alpha value is -3.41. The molecule has 1 heterocycles. The molecule has 132 valence electrons. The Balaban J connectivity index is 1.93. The smallest absolute Gasteiger partial charge is 0.341 e. The van der Waals surface area contributed by atoms with E-state index in [2.05, 4.69) is 4.98 Å². The van der Waals surface area contributed by atoms with Crippen LogP contribution < -0.4 is 10.5 Å². The molecule has 0 saturated heterocycles. The minimum Gasteiger partial charge on any atom is -0.497 e. The van der Waals surface area contributed by atoms with E-state index in [4.69, 9.17) is 15.2 Å². The van der Waals surface area contributed by atoms with Gasteiger partial charge in [-0.25, -0.2) is 4.79 Å². The van der Waals surface area contributed by atoms with E-state index in [0.717, 1.165) is 5.39 Å². The molecule has 0 aliphatic rings. The third-order valence-corrected chi connectivity index (χ3v) is 4.02.